The normalized spacial score (nSPS) is 13.0. The highest BCUT2D eigenvalue weighted by Crippen LogP contribution is 1.84. The first-order valence-electron chi connectivity index (χ1n) is 2.83. The fraction of sp³-hybridized carbons (Fsp3) is 0.600. The molecule has 5 heteroatoms. The third-order valence-corrected chi connectivity index (χ3v) is 0.716. The molecular formula is C5H11N3O2. The predicted molar refractivity (Wildman–Crippen MR) is 37.7 cm³/mol. The van der Waals surface area contributed by atoms with Gasteiger partial charge in [-0.2, -0.15) is 5.10 Å². The molecule has 5 nitrogen and oxygen atoms in total. The molecule has 0 spiro atoms. The van der Waals surface area contributed by atoms with Gasteiger partial charge in [0.2, 0.25) is 0 Å². The molecule has 10 heavy (non-hydrogen) atoms. The molecule has 3 N–H and O–H groups in total. The summed E-state index contributed by atoms with van der Waals surface area (Å²) in [6.45, 7) is 1.66. The van der Waals surface area contributed by atoms with Crippen LogP contribution in [0, 0.1) is 0 Å². The first-order chi connectivity index (χ1) is 4.66. The van der Waals surface area contributed by atoms with Crippen molar-refractivity contribution >= 4 is 12.3 Å². The molecule has 0 aromatic heterocycles. The molecule has 1 atom stereocenters. The van der Waals surface area contributed by atoms with Gasteiger partial charge in [0.15, 0.2) is 0 Å². The summed E-state index contributed by atoms with van der Waals surface area (Å²) in [5, 5.41) is 3.62. The molecule has 0 heterocycles. The van der Waals surface area contributed by atoms with Gasteiger partial charge in [-0.05, 0) is 6.92 Å². The number of nitrogens with zero attached hydrogens (tertiary/aromatic N) is 1. The maximum atomic E-state index is 10.1. The molecule has 0 aliphatic carbocycles. The summed E-state index contributed by atoms with van der Waals surface area (Å²) < 4.78 is 4.50. The van der Waals surface area contributed by atoms with Gasteiger partial charge < -0.3 is 15.9 Å². The number of ether oxygens (including phenoxy) is 1. The minimum Gasteiger partial charge on any atom is -0.441 e. The zero-order valence-electron chi connectivity index (χ0n) is 6.00. The van der Waals surface area contributed by atoms with Gasteiger partial charge in [-0.25, -0.2) is 4.79 Å². The molecule has 0 aromatic rings. The number of hydrogen-bond donors (Lipinski definition) is 2. The second-order valence-electron chi connectivity index (χ2n) is 1.64. The Morgan fingerprint density at radius 2 is 2.50 bits per heavy atom. The molecule has 0 fully saturated rings. The van der Waals surface area contributed by atoms with Crippen LogP contribution < -0.4 is 11.2 Å². The summed E-state index contributed by atoms with van der Waals surface area (Å²) in [4.78, 5) is 10.1. The largest absolute Gasteiger partial charge is 0.441 e. The lowest BCUT2D eigenvalue weighted by Crippen LogP contribution is -2.21. The van der Waals surface area contributed by atoms with E-state index in [2.05, 4.69) is 15.3 Å². The van der Waals surface area contributed by atoms with Crippen LogP contribution in [0.3, 0.4) is 0 Å². The van der Waals surface area contributed by atoms with Crippen molar-refractivity contribution in [1.82, 2.24) is 5.43 Å². The summed E-state index contributed by atoms with van der Waals surface area (Å²) in [5.41, 5.74) is 7.23. The van der Waals surface area contributed by atoms with Crippen LogP contribution in [0.2, 0.25) is 0 Å². The fourth-order valence-electron chi connectivity index (χ4n) is 0.393. The Bertz CT molecular complexity index is 135. The van der Waals surface area contributed by atoms with Crippen LogP contribution in [0.15, 0.2) is 5.10 Å². The zero-order chi connectivity index (χ0) is 7.98. The molecule has 0 bridgehead atoms. The van der Waals surface area contributed by atoms with Gasteiger partial charge in [0.05, 0.1) is 6.21 Å². The molecule has 1 amide bonds. The van der Waals surface area contributed by atoms with Crippen LogP contribution in [-0.4, -0.2) is 25.5 Å². The second kappa shape index (κ2) is 4.60. The first kappa shape index (κ1) is 8.74. The lowest BCUT2D eigenvalue weighted by atomic mass is 10.4. The predicted octanol–water partition coefficient (Wildman–Crippen LogP) is -0.325. The average Bonchev–Trinajstić information content (AvgIpc) is 1.82. The van der Waals surface area contributed by atoms with E-state index < -0.39 is 6.09 Å². The van der Waals surface area contributed by atoms with Crippen molar-refractivity contribution in [3.63, 3.8) is 0 Å². The summed E-state index contributed by atoms with van der Waals surface area (Å²) in [6.07, 6.45) is 0.255. The minimum absolute atomic E-state index is 0.384. The van der Waals surface area contributed by atoms with Crippen molar-refractivity contribution in [2.45, 2.75) is 13.0 Å². The number of hydrazone groups is 1. The van der Waals surface area contributed by atoms with Gasteiger partial charge in [0.1, 0.15) is 6.10 Å². The number of carbonyl (C=O) groups excluding carboxylic acids is 1. The van der Waals surface area contributed by atoms with Crippen molar-refractivity contribution in [1.29, 1.82) is 0 Å². The van der Waals surface area contributed by atoms with E-state index in [4.69, 9.17) is 5.73 Å². The lowest BCUT2D eigenvalue weighted by molar-refractivity contribution is 0.146. The lowest BCUT2D eigenvalue weighted by Gasteiger charge is -2.03. The van der Waals surface area contributed by atoms with Crippen molar-refractivity contribution in [3.05, 3.63) is 0 Å². The topological polar surface area (TPSA) is 76.7 Å². The van der Waals surface area contributed by atoms with E-state index in [-0.39, 0.29) is 6.10 Å². The Kier molecular flexibility index (Phi) is 4.02. The van der Waals surface area contributed by atoms with Gasteiger partial charge >= 0.3 is 6.09 Å². The molecule has 0 radical (unpaired) electrons. The quantitative estimate of drug-likeness (QED) is 0.422. The Balaban J connectivity index is 3.52. The highest BCUT2D eigenvalue weighted by Gasteiger charge is 1.99. The third-order valence-electron chi connectivity index (χ3n) is 0.716. The van der Waals surface area contributed by atoms with E-state index in [1.807, 2.05) is 0 Å². The van der Waals surface area contributed by atoms with E-state index in [1.54, 1.807) is 14.0 Å². The van der Waals surface area contributed by atoms with Gasteiger partial charge in [0, 0.05) is 7.05 Å². The Morgan fingerprint density at radius 1 is 1.90 bits per heavy atom. The molecule has 0 aliphatic heterocycles. The van der Waals surface area contributed by atoms with Crippen molar-refractivity contribution < 1.29 is 9.53 Å². The van der Waals surface area contributed by atoms with E-state index in [0.717, 1.165) is 0 Å². The van der Waals surface area contributed by atoms with Gasteiger partial charge in [-0.1, -0.05) is 0 Å². The van der Waals surface area contributed by atoms with E-state index in [9.17, 15) is 4.79 Å². The number of rotatable bonds is 3. The minimum atomic E-state index is -0.796. The standard InChI is InChI=1S/C5H11N3O2/c1-4(3-8-7-2)10-5(6)9/h3-4,7H,1-2H3,(H2,6,9)/b8-3+. The number of nitrogens with two attached hydrogens (primary N) is 1. The van der Waals surface area contributed by atoms with Gasteiger partial charge in [-0.15, -0.1) is 0 Å². The Hall–Kier alpha value is -1.26. The number of nitrogens with one attached hydrogen (secondary N) is 1. The Morgan fingerprint density at radius 3 is 2.90 bits per heavy atom. The van der Waals surface area contributed by atoms with Crippen LogP contribution in [0.25, 0.3) is 0 Å². The van der Waals surface area contributed by atoms with Crippen LogP contribution in [0.4, 0.5) is 4.79 Å². The van der Waals surface area contributed by atoms with Crippen molar-refractivity contribution in [2.24, 2.45) is 10.8 Å². The van der Waals surface area contributed by atoms with Crippen LogP contribution in [0.1, 0.15) is 6.92 Å². The maximum absolute atomic E-state index is 10.1. The first-order valence-corrected chi connectivity index (χ1v) is 2.83. The molecule has 1 unspecified atom stereocenters. The number of hydrogen-bond acceptors (Lipinski definition) is 4. The molecule has 0 saturated heterocycles. The molecule has 58 valence electrons. The zero-order valence-corrected chi connectivity index (χ0v) is 6.00. The van der Waals surface area contributed by atoms with E-state index in [1.165, 1.54) is 6.21 Å². The van der Waals surface area contributed by atoms with Crippen LogP contribution in [-0.2, 0) is 4.74 Å². The molecule has 0 saturated carbocycles. The smallest absolute Gasteiger partial charge is 0.405 e. The molecule has 0 rings (SSSR count). The van der Waals surface area contributed by atoms with E-state index in [0.29, 0.717) is 0 Å². The van der Waals surface area contributed by atoms with E-state index >= 15 is 0 Å². The average molecular weight is 145 g/mol. The van der Waals surface area contributed by atoms with Crippen molar-refractivity contribution in [3.8, 4) is 0 Å². The van der Waals surface area contributed by atoms with Gasteiger partial charge in [0.25, 0.3) is 0 Å². The number of amides is 1. The monoisotopic (exact) mass is 145 g/mol. The van der Waals surface area contributed by atoms with Gasteiger partial charge in [-0.3, -0.25) is 0 Å². The fourth-order valence-corrected chi connectivity index (χ4v) is 0.393. The maximum Gasteiger partial charge on any atom is 0.405 e. The van der Waals surface area contributed by atoms with Crippen molar-refractivity contribution in [2.75, 3.05) is 7.05 Å². The second-order valence-corrected chi connectivity index (χ2v) is 1.64. The summed E-state index contributed by atoms with van der Waals surface area (Å²) in [5.74, 6) is 0. The van der Waals surface area contributed by atoms with Crippen LogP contribution >= 0.6 is 0 Å². The Labute approximate surface area is 59.2 Å². The summed E-state index contributed by atoms with van der Waals surface area (Å²) >= 11 is 0. The molecule has 0 aliphatic rings. The third kappa shape index (κ3) is 4.89. The number of carbonyl (C=O) groups is 1. The molecule has 0 aromatic carbocycles. The highest BCUT2D eigenvalue weighted by atomic mass is 16.6. The summed E-state index contributed by atoms with van der Waals surface area (Å²) in [6, 6.07) is 0. The molecular weight excluding hydrogens is 134 g/mol. The van der Waals surface area contributed by atoms with Crippen LogP contribution in [0.5, 0.6) is 0 Å². The highest BCUT2D eigenvalue weighted by molar-refractivity contribution is 5.70. The number of primary amides is 1. The summed E-state index contributed by atoms with van der Waals surface area (Å²) in [7, 11) is 1.65. The SMILES string of the molecule is CN/N=C/C(C)OC(N)=O.